The van der Waals surface area contributed by atoms with Gasteiger partial charge in [0.05, 0.1) is 6.10 Å². The maximum absolute atomic E-state index is 5.93. The zero-order valence-electron chi connectivity index (χ0n) is 12.4. The Kier molecular flexibility index (Phi) is 4.18. The third-order valence-electron chi connectivity index (χ3n) is 3.06. The molecule has 0 radical (unpaired) electrons. The fraction of sp³-hybridized carbons (Fsp3) is 0.294. The normalized spacial score (nSPS) is 10.7. The van der Waals surface area contributed by atoms with Gasteiger partial charge in [0.15, 0.2) is 0 Å². The quantitative estimate of drug-likeness (QED) is 0.835. The van der Waals surface area contributed by atoms with Crippen LogP contribution in [0.5, 0.6) is 17.2 Å². The fourth-order valence-corrected chi connectivity index (χ4v) is 1.95. The van der Waals surface area contributed by atoms with Crippen molar-refractivity contribution in [1.29, 1.82) is 0 Å². The van der Waals surface area contributed by atoms with Crippen molar-refractivity contribution in [2.24, 2.45) is 0 Å². The van der Waals surface area contributed by atoms with E-state index in [-0.39, 0.29) is 6.10 Å². The van der Waals surface area contributed by atoms with Crippen molar-refractivity contribution in [3.63, 3.8) is 0 Å². The first-order chi connectivity index (χ1) is 9.45. The summed E-state index contributed by atoms with van der Waals surface area (Å²) in [5.74, 6) is 2.25. The van der Waals surface area contributed by atoms with Gasteiger partial charge in [-0.25, -0.2) is 0 Å². The van der Waals surface area contributed by atoms with E-state index in [0.717, 1.165) is 17.1 Å². The molecule has 0 atom stereocenters. The van der Waals surface area contributed by atoms with Gasteiger partial charge in [-0.15, -0.1) is 0 Å². The summed E-state index contributed by atoms with van der Waals surface area (Å²) in [5.41, 5.74) is 8.85. The molecule has 0 bridgehead atoms. The van der Waals surface area contributed by atoms with Crippen molar-refractivity contribution >= 4 is 5.69 Å². The minimum absolute atomic E-state index is 0.102. The van der Waals surface area contributed by atoms with Gasteiger partial charge in [-0.3, -0.25) is 0 Å². The zero-order valence-corrected chi connectivity index (χ0v) is 12.4. The van der Waals surface area contributed by atoms with Crippen molar-refractivity contribution in [3.05, 3.63) is 47.5 Å². The maximum Gasteiger partial charge on any atom is 0.133 e. The fourth-order valence-electron chi connectivity index (χ4n) is 1.95. The summed E-state index contributed by atoms with van der Waals surface area (Å²) in [4.78, 5) is 0. The van der Waals surface area contributed by atoms with Gasteiger partial charge in [0.25, 0.3) is 0 Å². The molecule has 3 nitrogen and oxygen atoms in total. The Balaban J connectivity index is 2.29. The number of rotatable bonds is 4. The molecular formula is C17H21NO2. The predicted molar refractivity (Wildman–Crippen MR) is 82.6 cm³/mol. The van der Waals surface area contributed by atoms with Crippen LogP contribution in [0.4, 0.5) is 5.69 Å². The average molecular weight is 271 g/mol. The van der Waals surface area contributed by atoms with Crippen LogP contribution in [-0.4, -0.2) is 6.10 Å². The summed E-state index contributed by atoms with van der Waals surface area (Å²) >= 11 is 0. The molecule has 2 aromatic rings. The lowest BCUT2D eigenvalue weighted by Gasteiger charge is -2.14. The van der Waals surface area contributed by atoms with Gasteiger partial charge in [-0.05, 0) is 44.9 Å². The first kappa shape index (κ1) is 14.3. The molecule has 20 heavy (non-hydrogen) atoms. The van der Waals surface area contributed by atoms with Gasteiger partial charge < -0.3 is 15.2 Å². The molecule has 0 amide bonds. The first-order valence-corrected chi connectivity index (χ1v) is 6.77. The number of hydrogen-bond donors (Lipinski definition) is 1. The molecule has 2 aromatic carbocycles. The lowest BCUT2D eigenvalue weighted by molar-refractivity contribution is 0.242. The lowest BCUT2D eigenvalue weighted by Crippen LogP contribution is -2.06. The third kappa shape index (κ3) is 3.44. The Morgan fingerprint density at radius 1 is 1.00 bits per heavy atom. The Hall–Kier alpha value is -2.16. The summed E-state index contributed by atoms with van der Waals surface area (Å²) in [6.07, 6.45) is 0.102. The second-order valence-corrected chi connectivity index (χ2v) is 5.20. The van der Waals surface area contributed by atoms with Gasteiger partial charge in [0.2, 0.25) is 0 Å². The molecule has 0 saturated carbocycles. The predicted octanol–water partition coefficient (Wildman–Crippen LogP) is 4.47. The van der Waals surface area contributed by atoms with Gasteiger partial charge >= 0.3 is 0 Å². The Morgan fingerprint density at radius 2 is 1.70 bits per heavy atom. The van der Waals surface area contributed by atoms with E-state index < -0.39 is 0 Å². The first-order valence-electron chi connectivity index (χ1n) is 6.77. The van der Waals surface area contributed by atoms with E-state index in [2.05, 4.69) is 13.0 Å². The third-order valence-corrected chi connectivity index (χ3v) is 3.06. The number of benzene rings is 2. The highest BCUT2D eigenvalue weighted by molar-refractivity contribution is 5.52. The molecule has 0 spiro atoms. The topological polar surface area (TPSA) is 44.5 Å². The van der Waals surface area contributed by atoms with Crippen molar-refractivity contribution in [1.82, 2.24) is 0 Å². The van der Waals surface area contributed by atoms with Crippen LogP contribution in [0.15, 0.2) is 36.4 Å². The summed E-state index contributed by atoms with van der Waals surface area (Å²) in [6.45, 7) is 8.07. The summed E-state index contributed by atoms with van der Waals surface area (Å²) in [5, 5.41) is 0. The maximum atomic E-state index is 5.93. The van der Waals surface area contributed by atoms with E-state index in [1.54, 1.807) is 12.1 Å². The molecule has 3 heteroatoms. The number of aryl methyl sites for hydroxylation is 1. The highest BCUT2D eigenvalue weighted by atomic mass is 16.5. The zero-order chi connectivity index (χ0) is 14.7. The minimum Gasteiger partial charge on any atom is -0.491 e. The Labute approximate surface area is 120 Å². The van der Waals surface area contributed by atoms with Gasteiger partial charge in [0, 0.05) is 23.9 Å². The SMILES string of the molecule is Cc1cccc(Oc2cc(N)cc(OC(C)C)c2)c1C. The summed E-state index contributed by atoms with van der Waals surface area (Å²) < 4.78 is 11.6. The van der Waals surface area contributed by atoms with Crippen LogP contribution < -0.4 is 15.2 Å². The molecule has 0 aliphatic carbocycles. The van der Waals surface area contributed by atoms with Crippen molar-refractivity contribution in [3.8, 4) is 17.2 Å². The minimum atomic E-state index is 0.102. The molecular weight excluding hydrogens is 250 g/mol. The largest absolute Gasteiger partial charge is 0.491 e. The number of nitrogens with two attached hydrogens (primary N) is 1. The van der Waals surface area contributed by atoms with Crippen LogP contribution in [0.2, 0.25) is 0 Å². The number of hydrogen-bond acceptors (Lipinski definition) is 3. The lowest BCUT2D eigenvalue weighted by atomic mass is 10.1. The van der Waals surface area contributed by atoms with Crippen LogP contribution in [0.3, 0.4) is 0 Å². The van der Waals surface area contributed by atoms with Crippen LogP contribution in [0, 0.1) is 13.8 Å². The molecule has 0 aromatic heterocycles. The smallest absolute Gasteiger partial charge is 0.133 e. The van der Waals surface area contributed by atoms with E-state index in [1.165, 1.54) is 5.56 Å². The summed E-state index contributed by atoms with van der Waals surface area (Å²) in [7, 11) is 0. The average Bonchev–Trinajstić information content (AvgIpc) is 2.33. The molecule has 0 fully saturated rings. The van der Waals surface area contributed by atoms with E-state index in [4.69, 9.17) is 15.2 Å². The van der Waals surface area contributed by atoms with E-state index >= 15 is 0 Å². The van der Waals surface area contributed by atoms with E-state index in [9.17, 15) is 0 Å². The summed E-state index contributed by atoms with van der Waals surface area (Å²) in [6, 6.07) is 11.5. The van der Waals surface area contributed by atoms with Crippen molar-refractivity contribution in [2.45, 2.75) is 33.8 Å². The molecule has 106 valence electrons. The molecule has 0 unspecified atom stereocenters. The van der Waals surface area contributed by atoms with Gasteiger partial charge in [0.1, 0.15) is 17.2 Å². The highest BCUT2D eigenvalue weighted by Gasteiger charge is 2.07. The van der Waals surface area contributed by atoms with Crippen molar-refractivity contribution in [2.75, 3.05) is 5.73 Å². The standard InChI is InChI=1S/C17H21NO2/c1-11(2)19-15-8-14(18)9-16(10-15)20-17-7-5-6-12(3)13(17)4/h5-11H,18H2,1-4H3. The van der Waals surface area contributed by atoms with Gasteiger partial charge in [-0.1, -0.05) is 12.1 Å². The van der Waals surface area contributed by atoms with Crippen LogP contribution in [0.25, 0.3) is 0 Å². The number of ether oxygens (including phenoxy) is 2. The molecule has 2 N–H and O–H groups in total. The monoisotopic (exact) mass is 271 g/mol. The molecule has 2 rings (SSSR count). The highest BCUT2D eigenvalue weighted by Crippen LogP contribution is 2.31. The molecule has 0 saturated heterocycles. The number of anilines is 1. The Bertz CT molecular complexity index is 606. The van der Waals surface area contributed by atoms with Crippen LogP contribution >= 0.6 is 0 Å². The Morgan fingerprint density at radius 3 is 2.40 bits per heavy atom. The van der Waals surface area contributed by atoms with E-state index in [1.807, 2.05) is 39.0 Å². The second kappa shape index (κ2) is 5.87. The second-order valence-electron chi connectivity index (χ2n) is 5.20. The number of nitrogen functional groups attached to an aromatic ring is 1. The molecule has 0 heterocycles. The van der Waals surface area contributed by atoms with Crippen LogP contribution in [-0.2, 0) is 0 Å². The van der Waals surface area contributed by atoms with Crippen molar-refractivity contribution < 1.29 is 9.47 Å². The molecule has 0 aliphatic rings. The van der Waals surface area contributed by atoms with Crippen LogP contribution in [0.1, 0.15) is 25.0 Å². The van der Waals surface area contributed by atoms with E-state index in [0.29, 0.717) is 11.4 Å². The molecule has 0 aliphatic heterocycles. The van der Waals surface area contributed by atoms with Gasteiger partial charge in [-0.2, -0.15) is 0 Å².